The van der Waals surface area contributed by atoms with Gasteiger partial charge in [-0.15, -0.1) is 0 Å². The lowest BCUT2D eigenvalue weighted by Crippen LogP contribution is -2.57. The van der Waals surface area contributed by atoms with Crippen molar-refractivity contribution in [1.82, 2.24) is 30.4 Å². The number of imidazole rings is 1. The Balaban J connectivity index is 0.933. The molecule has 9 rings (SSSR count). The van der Waals surface area contributed by atoms with Crippen molar-refractivity contribution >= 4 is 46.2 Å². The van der Waals surface area contributed by atoms with E-state index in [1.165, 1.54) is 14.2 Å². The third-order valence-electron chi connectivity index (χ3n) is 13.8. The van der Waals surface area contributed by atoms with Crippen LogP contribution >= 0.6 is 0 Å². The highest BCUT2D eigenvalue weighted by molar-refractivity contribution is 6.06. The van der Waals surface area contributed by atoms with Crippen LogP contribution in [0.25, 0.3) is 33.2 Å². The SMILES string of the molecule is COC(=O)N[C@H](C(=O)N1[C@@H](C)CC[C@H]1c1ncc(-c2ccc3c(c2)COc2cc4c5c(ccc4cc2-3)N=C([C@@H]2CC[C@H](C)N2C(=O)[C@@H](NC(=O)OC)[C@H]2CCCOC2)C5)[nH]1)C(C)C. The number of alkyl carbamates (subject to hydrolysis) is 2. The molecule has 3 saturated heterocycles. The van der Waals surface area contributed by atoms with Crippen LogP contribution in [0.4, 0.5) is 15.3 Å². The van der Waals surface area contributed by atoms with Gasteiger partial charge < -0.3 is 44.4 Å². The van der Waals surface area contributed by atoms with E-state index in [2.05, 4.69) is 65.0 Å². The van der Waals surface area contributed by atoms with Crippen LogP contribution in [0.2, 0.25) is 0 Å². The molecule has 3 N–H and O–H groups in total. The van der Waals surface area contributed by atoms with Crippen LogP contribution in [-0.2, 0) is 36.8 Å². The quantitative estimate of drug-likeness (QED) is 0.155. The molecule has 0 aliphatic carbocycles. The molecule has 0 saturated carbocycles. The second kappa shape index (κ2) is 17.3. The van der Waals surface area contributed by atoms with Gasteiger partial charge in [0.2, 0.25) is 11.8 Å². The van der Waals surface area contributed by atoms with E-state index >= 15 is 0 Å². The van der Waals surface area contributed by atoms with Gasteiger partial charge in [0.1, 0.15) is 30.3 Å². The van der Waals surface area contributed by atoms with Crippen molar-refractivity contribution in [3.8, 4) is 28.1 Å². The minimum Gasteiger partial charge on any atom is -0.488 e. The van der Waals surface area contributed by atoms with E-state index in [0.717, 1.165) is 100.0 Å². The molecule has 4 aromatic rings. The Labute approximate surface area is 367 Å². The summed E-state index contributed by atoms with van der Waals surface area (Å²) in [6.07, 6.45) is 6.04. The largest absolute Gasteiger partial charge is 0.488 e. The number of nitrogens with one attached hydrogen (secondary N) is 3. The summed E-state index contributed by atoms with van der Waals surface area (Å²) < 4.78 is 22.0. The zero-order valence-electron chi connectivity index (χ0n) is 36.9. The topological polar surface area (TPSA) is 177 Å². The third-order valence-corrected chi connectivity index (χ3v) is 13.8. The van der Waals surface area contributed by atoms with E-state index < -0.39 is 24.3 Å². The van der Waals surface area contributed by atoms with E-state index in [1.807, 2.05) is 36.8 Å². The molecule has 0 radical (unpaired) electrons. The predicted molar refractivity (Wildman–Crippen MR) is 237 cm³/mol. The monoisotopic (exact) mass is 859 g/mol. The number of nitrogens with zero attached hydrogens (tertiary/aromatic N) is 4. The highest BCUT2D eigenvalue weighted by Crippen LogP contribution is 2.45. The van der Waals surface area contributed by atoms with E-state index in [-0.39, 0.29) is 47.8 Å². The van der Waals surface area contributed by atoms with Gasteiger partial charge >= 0.3 is 12.2 Å². The zero-order valence-corrected chi connectivity index (χ0v) is 36.9. The molecule has 63 heavy (non-hydrogen) atoms. The number of amides is 4. The lowest BCUT2D eigenvalue weighted by atomic mass is 9.90. The summed E-state index contributed by atoms with van der Waals surface area (Å²) in [6, 6.07) is 13.0. The number of aromatic amines is 1. The Morgan fingerprint density at radius 3 is 2.33 bits per heavy atom. The molecule has 5 aliphatic rings. The molecule has 4 amide bonds. The number of hydrogen-bond acceptors (Lipinski definition) is 10. The van der Waals surface area contributed by atoms with Crippen molar-refractivity contribution in [3.63, 3.8) is 0 Å². The molecule has 15 nitrogen and oxygen atoms in total. The number of aromatic nitrogens is 2. The molecule has 0 spiro atoms. The summed E-state index contributed by atoms with van der Waals surface area (Å²) in [5.74, 6) is 1.00. The molecule has 332 valence electrons. The lowest BCUT2D eigenvalue weighted by molar-refractivity contribution is -0.138. The minimum absolute atomic E-state index is 0.00794. The molecule has 7 atom stereocenters. The van der Waals surface area contributed by atoms with Gasteiger partial charge in [0.05, 0.1) is 50.5 Å². The van der Waals surface area contributed by atoms with Crippen molar-refractivity contribution in [3.05, 3.63) is 65.6 Å². The van der Waals surface area contributed by atoms with Crippen LogP contribution in [-0.4, -0.2) is 107 Å². The average Bonchev–Trinajstić information content (AvgIpc) is 4.12. The molecule has 15 heteroatoms. The average molecular weight is 860 g/mol. The summed E-state index contributed by atoms with van der Waals surface area (Å²) in [4.78, 5) is 70.1. The number of methoxy groups -OCH3 is 2. The van der Waals surface area contributed by atoms with E-state index in [4.69, 9.17) is 28.9 Å². The number of rotatable bonds is 9. The van der Waals surface area contributed by atoms with E-state index in [1.54, 1.807) is 0 Å². The number of fused-ring (bicyclic) bond motifs is 6. The highest BCUT2D eigenvalue weighted by atomic mass is 16.5. The molecule has 6 heterocycles. The number of hydrogen-bond donors (Lipinski definition) is 3. The first-order valence-corrected chi connectivity index (χ1v) is 22.3. The number of carbonyl (C=O) groups excluding carboxylic acids is 4. The van der Waals surface area contributed by atoms with Gasteiger partial charge in [-0.1, -0.05) is 32.0 Å². The van der Waals surface area contributed by atoms with Gasteiger partial charge in [0.25, 0.3) is 0 Å². The summed E-state index contributed by atoms with van der Waals surface area (Å²) in [7, 11) is 2.61. The maximum Gasteiger partial charge on any atom is 0.407 e. The maximum atomic E-state index is 14.4. The first kappa shape index (κ1) is 42.3. The number of carbonyl (C=O) groups is 4. The first-order valence-electron chi connectivity index (χ1n) is 22.3. The van der Waals surface area contributed by atoms with Crippen LogP contribution in [0.1, 0.15) is 89.2 Å². The van der Waals surface area contributed by atoms with Gasteiger partial charge in [-0.25, -0.2) is 14.6 Å². The molecule has 0 unspecified atom stereocenters. The first-order chi connectivity index (χ1) is 30.4. The predicted octanol–water partition coefficient (Wildman–Crippen LogP) is 7.38. The number of likely N-dealkylation sites (tertiary alicyclic amines) is 2. The molecule has 5 aliphatic heterocycles. The van der Waals surface area contributed by atoms with Gasteiger partial charge in [-0.3, -0.25) is 14.6 Å². The Morgan fingerprint density at radius 2 is 1.60 bits per heavy atom. The van der Waals surface area contributed by atoms with E-state index in [0.29, 0.717) is 32.1 Å². The van der Waals surface area contributed by atoms with Crippen molar-refractivity contribution in [2.45, 2.75) is 115 Å². The molecular weight excluding hydrogens is 803 g/mol. The molecule has 0 bridgehead atoms. The number of aliphatic imine (C=N–C) groups is 1. The van der Waals surface area contributed by atoms with Crippen molar-refractivity contribution in [1.29, 1.82) is 0 Å². The van der Waals surface area contributed by atoms with Gasteiger partial charge in [0.15, 0.2) is 0 Å². The van der Waals surface area contributed by atoms with Crippen LogP contribution in [0.3, 0.4) is 0 Å². The Kier molecular flexibility index (Phi) is 11.6. The van der Waals surface area contributed by atoms with Crippen molar-refractivity contribution < 1.29 is 38.1 Å². The Morgan fingerprint density at radius 1 is 0.857 bits per heavy atom. The summed E-state index contributed by atoms with van der Waals surface area (Å²) in [5.41, 5.74) is 7.98. The second-order valence-corrected chi connectivity index (χ2v) is 18.1. The maximum absolute atomic E-state index is 14.4. The molecule has 3 fully saturated rings. The van der Waals surface area contributed by atoms with Crippen LogP contribution < -0.4 is 15.4 Å². The van der Waals surface area contributed by atoms with Gasteiger partial charge in [-0.2, -0.15) is 0 Å². The molecule has 1 aromatic heterocycles. The number of ether oxygens (including phenoxy) is 4. The van der Waals surface area contributed by atoms with Crippen LogP contribution in [0.5, 0.6) is 5.75 Å². The van der Waals surface area contributed by atoms with Gasteiger partial charge in [-0.05, 0) is 116 Å². The summed E-state index contributed by atoms with van der Waals surface area (Å²) >= 11 is 0. The van der Waals surface area contributed by atoms with E-state index in [9.17, 15) is 19.2 Å². The smallest absolute Gasteiger partial charge is 0.407 e. The molecular formula is C48H57N7O8. The highest BCUT2D eigenvalue weighted by Gasteiger charge is 2.45. The van der Waals surface area contributed by atoms with Gasteiger partial charge in [0, 0.05) is 42.3 Å². The fourth-order valence-corrected chi connectivity index (χ4v) is 10.5. The summed E-state index contributed by atoms with van der Waals surface area (Å²) in [5, 5.41) is 7.74. The number of benzene rings is 3. The normalized spacial score (nSPS) is 23.6. The zero-order chi connectivity index (χ0) is 44.1. The third kappa shape index (κ3) is 7.89. The number of H-pyrrole nitrogens is 1. The van der Waals surface area contributed by atoms with Crippen LogP contribution in [0, 0.1) is 11.8 Å². The Hall–Kier alpha value is -5.96. The standard InChI is InChI=1S/C48H57N7O8/c1-25(2)42(52-47(58)60-5)45(56)55-27(4)10-16-40(55)44-49-22-38(51-44)29-11-13-32-31(18-29)24-63-41-21-33-28(19-35(32)41)12-14-36-34(33)20-37(50-36)39-15-9-26(3)54(39)46(57)43(53-48(59)61-6)30-8-7-17-62-23-30/h11-14,18-19,21-22,25-27,30,39-40,42-43H,7-10,15-17,20,23-24H2,1-6H3,(H,49,51)(H,52,58)(H,53,59)/t26-,27-,30-,39-,40-,42-,43-/m0/s1. The fraction of sp³-hybridized carbons (Fsp3) is 0.500. The minimum atomic E-state index is -0.739. The molecule has 3 aromatic carbocycles. The Bertz CT molecular complexity index is 2480. The summed E-state index contributed by atoms with van der Waals surface area (Å²) in [6.45, 7) is 9.39. The second-order valence-electron chi connectivity index (χ2n) is 18.1. The fourth-order valence-electron chi connectivity index (χ4n) is 10.5. The van der Waals surface area contributed by atoms with Crippen molar-refractivity contribution in [2.75, 3.05) is 27.4 Å². The van der Waals surface area contributed by atoms with Crippen LogP contribution in [0.15, 0.2) is 53.7 Å². The lowest BCUT2D eigenvalue weighted by Gasteiger charge is -2.36. The van der Waals surface area contributed by atoms with Crippen molar-refractivity contribution in [2.24, 2.45) is 16.8 Å².